The molecule has 0 aliphatic heterocycles. The molecule has 1 amide bonds. The van der Waals surface area contributed by atoms with Crippen LogP contribution in [0, 0.1) is 13.8 Å². The fraction of sp³-hybridized carbons (Fsp3) is 0.227. The van der Waals surface area contributed by atoms with Crippen LogP contribution in [0.4, 0.5) is 17.3 Å². The van der Waals surface area contributed by atoms with Gasteiger partial charge >= 0.3 is 0 Å². The molecule has 3 rings (SSSR count). The second kappa shape index (κ2) is 7.99. The van der Waals surface area contributed by atoms with Gasteiger partial charge in [0.25, 0.3) is 5.91 Å². The van der Waals surface area contributed by atoms with E-state index in [1.807, 2.05) is 56.3 Å². The summed E-state index contributed by atoms with van der Waals surface area (Å²) in [5, 5.41) is 6.15. The fourth-order valence-electron chi connectivity index (χ4n) is 2.89. The van der Waals surface area contributed by atoms with Crippen LogP contribution in [0.1, 0.15) is 46.8 Å². The van der Waals surface area contributed by atoms with Crippen LogP contribution in [0.25, 0.3) is 0 Å². The topological polar surface area (TPSA) is 66.9 Å². The number of carbonyl (C=O) groups excluding carboxylic acids is 1. The molecule has 0 fully saturated rings. The number of aromatic nitrogens is 2. The lowest BCUT2D eigenvalue weighted by molar-refractivity contribution is 0.102. The van der Waals surface area contributed by atoms with Gasteiger partial charge in [0.05, 0.1) is 5.56 Å². The summed E-state index contributed by atoms with van der Waals surface area (Å²) in [4.78, 5) is 21.2. The maximum atomic E-state index is 12.6. The highest BCUT2D eigenvalue weighted by Crippen LogP contribution is 2.27. The van der Waals surface area contributed by atoms with Crippen molar-refractivity contribution in [2.75, 3.05) is 10.6 Å². The molecular weight excluding hydrogens is 336 g/mol. The van der Waals surface area contributed by atoms with Crippen LogP contribution in [0.5, 0.6) is 0 Å². The van der Waals surface area contributed by atoms with E-state index in [9.17, 15) is 4.79 Å². The third-order valence-electron chi connectivity index (χ3n) is 4.35. The SMILES string of the molecule is Cc1cccc(Nc2ncc(C(=O)Nc3c(C)cccc3C(C)C)cn2)c1. The molecule has 1 aromatic heterocycles. The zero-order valence-corrected chi connectivity index (χ0v) is 16.1. The first-order valence-electron chi connectivity index (χ1n) is 9.00. The van der Waals surface area contributed by atoms with Crippen molar-refractivity contribution in [3.8, 4) is 0 Å². The maximum Gasteiger partial charge on any atom is 0.258 e. The molecule has 5 heteroatoms. The number of amides is 1. The summed E-state index contributed by atoms with van der Waals surface area (Å²) >= 11 is 0. The molecule has 27 heavy (non-hydrogen) atoms. The summed E-state index contributed by atoms with van der Waals surface area (Å²) < 4.78 is 0. The summed E-state index contributed by atoms with van der Waals surface area (Å²) in [6, 6.07) is 14.0. The number of hydrogen-bond acceptors (Lipinski definition) is 4. The molecule has 0 saturated heterocycles. The molecule has 1 heterocycles. The van der Waals surface area contributed by atoms with Gasteiger partial charge in [-0.2, -0.15) is 0 Å². The summed E-state index contributed by atoms with van der Waals surface area (Å²) in [5.41, 5.74) is 5.49. The molecular formula is C22H24N4O. The quantitative estimate of drug-likeness (QED) is 0.655. The Hall–Kier alpha value is -3.21. The van der Waals surface area contributed by atoms with Crippen LogP contribution in [0.2, 0.25) is 0 Å². The highest BCUT2D eigenvalue weighted by Gasteiger charge is 2.14. The van der Waals surface area contributed by atoms with Gasteiger partial charge in [-0.1, -0.05) is 44.2 Å². The molecule has 3 aromatic rings. The van der Waals surface area contributed by atoms with Crippen molar-refractivity contribution in [2.24, 2.45) is 0 Å². The first-order chi connectivity index (χ1) is 12.9. The molecule has 2 aromatic carbocycles. The fourth-order valence-corrected chi connectivity index (χ4v) is 2.89. The average Bonchev–Trinajstić information content (AvgIpc) is 2.63. The van der Waals surface area contributed by atoms with E-state index in [1.54, 1.807) is 0 Å². The number of hydrogen-bond donors (Lipinski definition) is 2. The number of anilines is 3. The molecule has 0 spiro atoms. The summed E-state index contributed by atoms with van der Waals surface area (Å²) in [6.07, 6.45) is 3.07. The van der Waals surface area contributed by atoms with E-state index >= 15 is 0 Å². The van der Waals surface area contributed by atoms with Gasteiger partial charge in [0.1, 0.15) is 0 Å². The third kappa shape index (κ3) is 4.50. The second-order valence-corrected chi connectivity index (χ2v) is 6.94. The number of benzene rings is 2. The Morgan fingerprint density at radius 1 is 1.00 bits per heavy atom. The minimum Gasteiger partial charge on any atom is -0.324 e. The van der Waals surface area contributed by atoms with Crippen molar-refractivity contribution in [3.63, 3.8) is 0 Å². The lowest BCUT2D eigenvalue weighted by Gasteiger charge is -2.16. The van der Waals surface area contributed by atoms with Crippen molar-refractivity contribution in [1.82, 2.24) is 9.97 Å². The number of nitrogens with one attached hydrogen (secondary N) is 2. The molecule has 0 aliphatic rings. The number of para-hydroxylation sites is 1. The molecule has 0 radical (unpaired) electrons. The average molecular weight is 360 g/mol. The van der Waals surface area contributed by atoms with Gasteiger partial charge in [-0.15, -0.1) is 0 Å². The number of rotatable bonds is 5. The van der Waals surface area contributed by atoms with E-state index < -0.39 is 0 Å². The zero-order chi connectivity index (χ0) is 19.4. The molecule has 0 aliphatic carbocycles. The largest absolute Gasteiger partial charge is 0.324 e. The molecule has 0 unspecified atom stereocenters. The number of carbonyl (C=O) groups is 1. The van der Waals surface area contributed by atoms with Crippen molar-refractivity contribution < 1.29 is 4.79 Å². The molecule has 0 saturated carbocycles. The lowest BCUT2D eigenvalue weighted by atomic mass is 9.98. The smallest absolute Gasteiger partial charge is 0.258 e. The monoisotopic (exact) mass is 360 g/mol. The Morgan fingerprint density at radius 2 is 1.70 bits per heavy atom. The first-order valence-corrected chi connectivity index (χ1v) is 9.00. The van der Waals surface area contributed by atoms with Gasteiger partial charge in [-0.3, -0.25) is 4.79 Å². The van der Waals surface area contributed by atoms with E-state index in [0.29, 0.717) is 17.4 Å². The van der Waals surface area contributed by atoms with Crippen LogP contribution in [-0.2, 0) is 0 Å². The number of aryl methyl sites for hydroxylation is 2. The third-order valence-corrected chi connectivity index (χ3v) is 4.35. The van der Waals surface area contributed by atoms with Crippen LogP contribution < -0.4 is 10.6 Å². The van der Waals surface area contributed by atoms with Crippen LogP contribution in [-0.4, -0.2) is 15.9 Å². The highest BCUT2D eigenvalue weighted by atomic mass is 16.1. The van der Waals surface area contributed by atoms with Crippen molar-refractivity contribution in [1.29, 1.82) is 0 Å². The predicted octanol–water partition coefficient (Wildman–Crippen LogP) is 5.21. The van der Waals surface area contributed by atoms with Crippen molar-refractivity contribution >= 4 is 23.2 Å². The minimum absolute atomic E-state index is 0.215. The summed E-state index contributed by atoms with van der Waals surface area (Å²) in [6.45, 7) is 8.24. The lowest BCUT2D eigenvalue weighted by Crippen LogP contribution is -2.15. The van der Waals surface area contributed by atoms with E-state index in [4.69, 9.17) is 0 Å². The predicted molar refractivity (Wildman–Crippen MR) is 110 cm³/mol. The Bertz CT molecular complexity index is 949. The normalized spacial score (nSPS) is 10.7. The molecule has 0 bridgehead atoms. The van der Waals surface area contributed by atoms with E-state index in [-0.39, 0.29) is 5.91 Å². The Labute approximate surface area is 159 Å². The zero-order valence-electron chi connectivity index (χ0n) is 16.1. The maximum absolute atomic E-state index is 12.6. The van der Waals surface area contributed by atoms with Gasteiger partial charge in [0, 0.05) is 23.8 Å². The molecule has 5 nitrogen and oxygen atoms in total. The Kier molecular flexibility index (Phi) is 5.50. The van der Waals surface area contributed by atoms with Crippen molar-refractivity contribution in [3.05, 3.63) is 77.1 Å². The summed E-state index contributed by atoms with van der Waals surface area (Å²) in [7, 11) is 0. The molecule has 2 N–H and O–H groups in total. The Balaban J connectivity index is 1.75. The van der Waals surface area contributed by atoms with Crippen LogP contribution in [0.3, 0.4) is 0 Å². The van der Waals surface area contributed by atoms with Gasteiger partial charge < -0.3 is 10.6 Å². The molecule has 0 atom stereocenters. The second-order valence-electron chi connectivity index (χ2n) is 6.94. The van der Waals surface area contributed by atoms with Crippen LogP contribution >= 0.6 is 0 Å². The van der Waals surface area contributed by atoms with E-state index in [1.165, 1.54) is 12.4 Å². The van der Waals surface area contributed by atoms with Crippen LogP contribution in [0.15, 0.2) is 54.9 Å². The van der Waals surface area contributed by atoms with Gasteiger partial charge in [-0.25, -0.2) is 9.97 Å². The highest BCUT2D eigenvalue weighted by molar-refractivity contribution is 6.04. The van der Waals surface area contributed by atoms with E-state index in [0.717, 1.165) is 28.1 Å². The standard InChI is InChI=1S/C22H24N4O/c1-14(2)19-10-6-8-16(4)20(19)26-21(27)17-12-23-22(24-13-17)25-18-9-5-7-15(3)11-18/h5-14H,1-4H3,(H,26,27)(H,23,24,25). The van der Waals surface area contributed by atoms with Gasteiger partial charge in [-0.05, 0) is 48.6 Å². The van der Waals surface area contributed by atoms with E-state index in [2.05, 4.69) is 34.4 Å². The Morgan fingerprint density at radius 3 is 2.37 bits per heavy atom. The minimum atomic E-state index is -0.215. The number of nitrogens with zero attached hydrogens (tertiary/aromatic N) is 2. The molecule has 138 valence electrons. The van der Waals surface area contributed by atoms with Gasteiger partial charge in [0.2, 0.25) is 5.95 Å². The van der Waals surface area contributed by atoms with Gasteiger partial charge in [0.15, 0.2) is 0 Å². The first kappa shape index (κ1) is 18.6. The summed E-state index contributed by atoms with van der Waals surface area (Å²) in [5.74, 6) is 0.557. The van der Waals surface area contributed by atoms with Crippen molar-refractivity contribution in [2.45, 2.75) is 33.6 Å².